The maximum atomic E-state index is 12.7. The third kappa shape index (κ3) is 3.51. The Morgan fingerprint density at radius 1 is 0.828 bits per heavy atom. The number of rotatable bonds is 4. The van der Waals surface area contributed by atoms with Crippen LogP contribution in [0.25, 0.3) is 0 Å². The van der Waals surface area contributed by atoms with Crippen LogP contribution < -0.4 is 4.90 Å². The zero-order valence-corrected chi connectivity index (χ0v) is 16.1. The molecule has 0 atom stereocenters. The minimum atomic E-state index is -0.414. The van der Waals surface area contributed by atoms with Crippen LogP contribution >= 0.6 is 0 Å². The van der Waals surface area contributed by atoms with Crippen LogP contribution in [-0.4, -0.2) is 66.0 Å². The molecule has 2 heterocycles. The Morgan fingerprint density at radius 3 is 1.90 bits per heavy atom. The minimum absolute atomic E-state index is 0.0279. The first-order chi connectivity index (χ1) is 14.0. The van der Waals surface area contributed by atoms with Crippen molar-refractivity contribution in [3.8, 4) is 0 Å². The topological polar surface area (TPSA) is 78.0 Å². The highest BCUT2D eigenvalue weighted by atomic mass is 16.2. The Morgan fingerprint density at radius 2 is 1.38 bits per heavy atom. The van der Waals surface area contributed by atoms with Gasteiger partial charge in [0, 0.05) is 37.4 Å². The fourth-order valence-corrected chi connectivity index (χ4v) is 3.74. The molecule has 0 radical (unpaired) electrons. The molecule has 0 spiro atoms. The Hall–Kier alpha value is -3.48. The second kappa shape index (κ2) is 7.50. The van der Waals surface area contributed by atoms with E-state index in [-0.39, 0.29) is 18.2 Å². The van der Waals surface area contributed by atoms with Gasteiger partial charge in [-0.05, 0) is 43.3 Å². The molecular weight excluding hydrogens is 370 g/mol. The van der Waals surface area contributed by atoms with Gasteiger partial charge in [0.25, 0.3) is 11.8 Å². The summed E-state index contributed by atoms with van der Waals surface area (Å²) in [5.74, 6) is -1.03. The lowest BCUT2D eigenvalue weighted by atomic mass is 10.1. The van der Waals surface area contributed by atoms with Crippen LogP contribution in [0.4, 0.5) is 5.69 Å². The molecule has 148 valence electrons. The van der Waals surface area contributed by atoms with Gasteiger partial charge in [-0.2, -0.15) is 0 Å². The average molecular weight is 391 g/mol. The van der Waals surface area contributed by atoms with Crippen molar-refractivity contribution in [1.29, 1.82) is 0 Å². The smallest absolute Gasteiger partial charge is 0.262 e. The molecule has 1 saturated heterocycles. The maximum Gasteiger partial charge on any atom is 0.262 e. The van der Waals surface area contributed by atoms with Gasteiger partial charge in [-0.1, -0.05) is 12.1 Å². The largest absolute Gasteiger partial charge is 0.368 e. The monoisotopic (exact) mass is 391 g/mol. The summed E-state index contributed by atoms with van der Waals surface area (Å²) in [6.07, 6.45) is 0. The summed E-state index contributed by atoms with van der Waals surface area (Å²) in [6, 6.07) is 14.1. The summed E-state index contributed by atoms with van der Waals surface area (Å²) in [5.41, 5.74) is 2.37. The highest BCUT2D eigenvalue weighted by Crippen LogP contribution is 2.23. The van der Waals surface area contributed by atoms with Crippen LogP contribution in [0.1, 0.15) is 38.0 Å². The molecule has 2 aliphatic rings. The molecule has 0 unspecified atom stereocenters. The predicted molar refractivity (Wildman–Crippen MR) is 107 cm³/mol. The molecule has 7 nitrogen and oxygen atoms in total. The number of ketones is 1. The third-order valence-corrected chi connectivity index (χ3v) is 5.44. The van der Waals surface area contributed by atoms with Crippen LogP contribution in [0.2, 0.25) is 0 Å². The van der Waals surface area contributed by atoms with Gasteiger partial charge in [-0.3, -0.25) is 24.1 Å². The van der Waals surface area contributed by atoms with Gasteiger partial charge >= 0.3 is 0 Å². The van der Waals surface area contributed by atoms with E-state index in [1.54, 1.807) is 41.3 Å². The summed E-state index contributed by atoms with van der Waals surface area (Å²) in [7, 11) is 0. The Balaban J connectivity index is 1.36. The fraction of sp³-hybridized carbons (Fsp3) is 0.273. The van der Waals surface area contributed by atoms with Crippen molar-refractivity contribution in [1.82, 2.24) is 9.80 Å². The highest BCUT2D eigenvalue weighted by molar-refractivity contribution is 6.22. The normalized spacial score (nSPS) is 16.2. The number of nitrogens with zero attached hydrogens (tertiary/aromatic N) is 3. The number of hydrogen-bond donors (Lipinski definition) is 0. The lowest BCUT2D eigenvalue weighted by molar-refractivity contribution is -0.131. The van der Waals surface area contributed by atoms with Crippen molar-refractivity contribution in [3.63, 3.8) is 0 Å². The molecule has 0 saturated carbocycles. The van der Waals surface area contributed by atoms with Crippen LogP contribution in [0.5, 0.6) is 0 Å². The fourth-order valence-electron chi connectivity index (χ4n) is 3.74. The SMILES string of the molecule is CC(=O)c1ccc(N2CCN(C(=O)CN3C(=O)c4ccccc4C3=O)CC2)cc1. The van der Waals surface area contributed by atoms with Gasteiger partial charge in [0.15, 0.2) is 5.78 Å². The molecule has 2 aromatic carbocycles. The van der Waals surface area contributed by atoms with Crippen molar-refractivity contribution < 1.29 is 19.2 Å². The van der Waals surface area contributed by atoms with E-state index in [2.05, 4.69) is 4.90 Å². The number of anilines is 1. The van der Waals surface area contributed by atoms with E-state index in [1.165, 1.54) is 6.92 Å². The molecule has 29 heavy (non-hydrogen) atoms. The molecule has 4 rings (SSSR count). The van der Waals surface area contributed by atoms with Crippen LogP contribution in [0.15, 0.2) is 48.5 Å². The molecule has 2 aromatic rings. The molecular formula is C22H21N3O4. The Labute approximate surface area is 168 Å². The third-order valence-electron chi connectivity index (χ3n) is 5.44. The summed E-state index contributed by atoms with van der Waals surface area (Å²) in [5, 5.41) is 0. The lowest BCUT2D eigenvalue weighted by Gasteiger charge is -2.36. The molecule has 0 aromatic heterocycles. The number of benzene rings is 2. The number of carbonyl (C=O) groups excluding carboxylic acids is 4. The van der Waals surface area contributed by atoms with E-state index < -0.39 is 11.8 Å². The van der Waals surface area contributed by atoms with E-state index in [1.807, 2.05) is 12.1 Å². The molecule has 3 amide bonds. The van der Waals surface area contributed by atoms with E-state index in [0.717, 1.165) is 10.6 Å². The Bertz CT molecular complexity index is 956. The first kappa shape index (κ1) is 18.9. The standard InChI is InChI=1S/C22H21N3O4/c1-15(26)16-6-8-17(9-7-16)23-10-12-24(13-11-23)20(27)14-25-21(28)18-4-2-3-5-19(18)22(25)29/h2-9H,10-14H2,1H3. The van der Waals surface area contributed by atoms with Crippen molar-refractivity contribution in [2.24, 2.45) is 0 Å². The predicted octanol–water partition coefficient (Wildman–Crippen LogP) is 1.83. The number of amides is 3. The zero-order chi connectivity index (χ0) is 20.5. The van der Waals surface area contributed by atoms with E-state index in [9.17, 15) is 19.2 Å². The van der Waals surface area contributed by atoms with E-state index >= 15 is 0 Å². The molecule has 0 aliphatic carbocycles. The Kier molecular flexibility index (Phi) is 4.88. The number of piperazine rings is 1. The molecule has 1 fully saturated rings. The molecule has 0 bridgehead atoms. The number of carbonyl (C=O) groups is 4. The number of Topliss-reactive ketones (excluding diaryl/α,β-unsaturated/α-hetero) is 1. The number of hydrogen-bond acceptors (Lipinski definition) is 5. The molecule has 7 heteroatoms. The lowest BCUT2D eigenvalue weighted by Crippen LogP contribution is -2.51. The van der Waals surface area contributed by atoms with Gasteiger partial charge in [-0.15, -0.1) is 0 Å². The molecule has 0 N–H and O–H groups in total. The van der Waals surface area contributed by atoms with Crippen molar-refractivity contribution in [2.75, 3.05) is 37.6 Å². The van der Waals surface area contributed by atoms with Gasteiger partial charge in [0.05, 0.1) is 11.1 Å². The molecule has 2 aliphatic heterocycles. The van der Waals surface area contributed by atoms with Gasteiger partial charge < -0.3 is 9.80 Å². The van der Waals surface area contributed by atoms with E-state index in [4.69, 9.17) is 0 Å². The quantitative estimate of drug-likeness (QED) is 0.587. The second-order valence-electron chi connectivity index (χ2n) is 7.21. The maximum absolute atomic E-state index is 12.7. The van der Waals surface area contributed by atoms with Crippen LogP contribution in [0, 0.1) is 0 Å². The number of imide groups is 1. The summed E-state index contributed by atoms with van der Waals surface area (Å²) < 4.78 is 0. The van der Waals surface area contributed by atoms with Gasteiger partial charge in [-0.25, -0.2) is 0 Å². The highest BCUT2D eigenvalue weighted by Gasteiger charge is 2.37. The second-order valence-corrected chi connectivity index (χ2v) is 7.21. The van der Waals surface area contributed by atoms with Crippen molar-refractivity contribution in [3.05, 3.63) is 65.2 Å². The summed E-state index contributed by atoms with van der Waals surface area (Å²) >= 11 is 0. The van der Waals surface area contributed by atoms with E-state index in [0.29, 0.717) is 42.9 Å². The first-order valence-electron chi connectivity index (χ1n) is 9.54. The van der Waals surface area contributed by atoms with Gasteiger partial charge in [0.2, 0.25) is 5.91 Å². The first-order valence-corrected chi connectivity index (χ1v) is 9.54. The summed E-state index contributed by atoms with van der Waals surface area (Å²) in [6.45, 7) is 3.61. The summed E-state index contributed by atoms with van der Waals surface area (Å²) in [4.78, 5) is 53.8. The van der Waals surface area contributed by atoms with Gasteiger partial charge in [0.1, 0.15) is 6.54 Å². The van der Waals surface area contributed by atoms with Crippen molar-refractivity contribution in [2.45, 2.75) is 6.92 Å². The van der Waals surface area contributed by atoms with Crippen LogP contribution in [0.3, 0.4) is 0 Å². The number of fused-ring (bicyclic) bond motifs is 1. The zero-order valence-electron chi connectivity index (χ0n) is 16.1. The average Bonchev–Trinajstić information content (AvgIpc) is 2.99. The van der Waals surface area contributed by atoms with Crippen LogP contribution in [-0.2, 0) is 4.79 Å². The van der Waals surface area contributed by atoms with Crippen molar-refractivity contribution >= 4 is 29.2 Å². The minimum Gasteiger partial charge on any atom is -0.368 e.